The first kappa shape index (κ1) is 16.3. The van der Waals surface area contributed by atoms with E-state index in [0.717, 1.165) is 37.6 Å². The SMILES string of the molecule is C[C@@H]1CCC[C@@H](C)N(C(=O)NCc2nnc3n2CCCCC3)C1. The van der Waals surface area contributed by atoms with Crippen LogP contribution >= 0.6 is 0 Å². The van der Waals surface area contributed by atoms with Crippen LogP contribution in [-0.2, 0) is 19.5 Å². The third-order valence-corrected chi connectivity index (χ3v) is 5.20. The lowest BCUT2D eigenvalue weighted by molar-refractivity contribution is 0.172. The molecule has 0 unspecified atom stereocenters. The summed E-state index contributed by atoms with van der Waals surface area (Å²) in [7, 11) is 0. The number of fused-ring (bicyclic) bond motifs is 1. The Hall–Kier alpha value is -1.59. The largest absolute Gasteiger partial charge is 0.331 e. The predicted molar refractivity (Wildman–Crippen MR) is 89.0 cm³/mol. The summed E-state index contributed by atoms with van der Waals surface area (Å²) in [5.41, 5.74) is 0. The van der Waals surface area contributed by atoms with E-state index in [1.54, 1.807) is 0 Å². The van der Waals surface area contributed by atoms with Crippen LogP contribution in [0.4, 0.5) is 4.79 Å². The van der Waals surface area contributed by atoms with Gasteiger partial charge in [-0.15, -0.1) is 10.2 Å². The van der Waals surface area contributed by atoms with Crippen molar-refractivity contribution >= 4 is 6.03 Å². The third kappa shape index (κ3) is 3.85. The molecule has 1 aromatic rings. The monoisotopic (exact) mass is 319 g/mol. The standard InChI is InChI=1S/C17H29N5O/c1-13-7-6-8-14(2)22(12-13)17(23)18-11-16-20-19-15-9-4-3-5-10-21(15)16/h13-14H,3-12H2,1-2H3,(H,18,23)/t13-,14-/m1/s1. The maximum Gasteiger partial charge on any atom is 0.318 e. The number of hydrogen-bond donors (Lipinski definition) is 1. The molecule has 2 aliphatic heterocycles. The predicted octanol–water partition coefficient (Wildman–Crippen LogP) is 2.72. The molecule has 128 valence electrons. The van der Waals surface area contributed by atoms with Crippen LogP contribution < -0.4 is 5.32 Å². The van der Waals surface area contributed by atoms with Gasteiger partial charge in [0.05, 0.1) is 6.54 Å². The highest BCUT2D eigenvalue weighted by Gasteiger charge is 2.25. The van der Waals surface area contributed by atoms with Gasteiger partial charge in [-0.05, 0) is 38.5 Å². The molecule has 1 saturated heterocycles. The first-order valence-corrected chi connectivity index (χ1v) is 9.10. The van der Waals surface area contributed by atoms with Crippen molar-refractivity contribution in [2.45, 2.75) is 77.9 Å². The molecule has 1 N–H and O–H groups in total. The Kier molecular flexibility index (Phi) is 5.18. The minimum Gasteiger partial charge on any atom is -0.331 e. The normalized spacial score (nSPS) is 25.4. The Morgan fingerprint density at radius 2 is 2.04 bits per heavy atom. The second-order valence-corrected chi connectivity index (χ2v) is 7.19. The molecule has 0 aliphatic carbocycles. The molecule has 0 saturated carbocycles. The maximum atomic E-state index is 12.6. The lowest BCUT2D eigenvalue weighted by atomic mass is 10.1. The summed E-state index contributed by atoms with van der Waals surface area (Å²) in [5, 5.41) is 11.7. The Bertz CT molecular complexity index is 541. The molecule has 6 nitrogen and oxygen atoms in total. The molecule has 1 fully saturated rings. The molecule has 1 aromatic heterocycles. The lowest BCUT2D eigenvalue weighted by Gasteiger charge is -2.28. The first-order chi connectivity index (χ1) is 11.1. The van der Waals surface area contributed by atoms with Gasteiger partial charge in [-0.3, -0.25) is 0 Å². The fourth-order valence-electron chi connectivity index (χ4n) is 3.74. The summed E-state index contributed by atoms with van der Waals surface area (Å²) in [6.07, 6.45) is 8.13. The fourth-order valence-corrected chi connectivity index (χ4v) is 3.74. The number of hydrogen-bond acceptors (Lipinski definition) is 3. The maximum absolute atomic E-state index is 12.6. The zero-order chi connectivity index (χ0) is 16.2. The Balaban J connectivity index is 1.61. The highest BCUT2D eigenvalue weighted by molar-refractivity contribution is 5.74. The number of aryl methyl sites for hydroxylation is 1. The zero-order valence-electron chi connectivity index (χ0n) is 14.4. The Morgan fingerprint density at radius 3 is 2.91 bits per heavy atom. The third-order valence-electron chi connectivity index (χ3n) is 5.20. The Labute approximate surface area is 138 Å². The van der Waals surface area contributed by atoms with Crippen molar-refractivity contribution < 1.29 is 4.79 Å². The van der Waals surface area contributed by atoms with Crippen LogP contribution in [0.25, 0.3) is 0 Å². The lowest BCUT2D eigenvalue weighted by Crippen LogP contribution is -2.45. The highest BCUT2D eigenvalue weighted by atomic mass is 16.2. The van der Waals surface area contributed by atoms with E-state index in [2.05, 4.69) is 33.9 Å². The van der Waals surface area contributed by atoms with E-state index >= 15 is 0 Å². The van der Waals surface area contributed by atoms with E-state index in [9.17, 15) is 4.79 Å². The second-order valence-electron chi connectivity index (χ2n) is 7.19. The van der Waals surface area contributed by atoms with Crippen molar-refractivity contribution in [2.75, 3.05) is 6.54 Å². The van der Waals surface area contributed by atoms with E-state index in [0.29, 0.717) is 18.5 Å². The molecule has 2 atom stereocenters. The van der Waals surface area contributed by atoms with Gasteiger partial charge in [0.25, 0.3) is 0 Å². The molecule has 2 amide bonds. The van der Waals surface area contributed by atoms with Crippen molar-refractivity contribution in [3.8, 4) is 0 Å². The van der Waals surface area contributed by atoms with E-state index in [4.69, 9.17) is 0 Å². The van der Waals surface area contributed by atoms with Gasteiger partial charge < -0.3 is 14.8 Å². The van der Waals surface area contributed by atoms with Crippen LogP contribution in [0, 0.1) is 5.92 Å². The molecule has 0 spiro atoms. The van der Waals surface area contributed by atoms with Crippen LogP contribution in [0.15, 0.2) is 0 Å². The summed E-state index contributed by atoms with van der Waals surface area (Å²) in [6.45, 7) is 6.69. The van der Waals surface area contributed by atoms with Gasteiger partial charge in [0.15, 0.2) is 5.82 Å². The topological polar surface area (TPSA) is 63.1 Å². The smallest absolute Gasteiger partial charge is 0.318 e. The zero-order valence-corrected chi connectivity index (χ0v) is 14.4. The number of likely N-dealkylation sites (tertiary alicyclic amines) is 1. The molecule has 0 bridgehead atoms. The number of carbonyl (C=O) groups is 1. The first-order valence-electron chi connectivity index (χ1n) is 9.10. The van der Waals surface area contributed by atoms with E-state index in [1.807, 2.05) is 4.90 Å². The summed E-state index contributed by atoms with van der Waals surface area (Å²) in [6, 6.07) is 0.354. The summed E-state index contributed by atoms with van der Waals surface area (Å²) in [4.78, 5) is 14.6. The van der Waals surface area contributed by atoms with Gasteiger partial charge in [-0.25, -0.2) is 4.79 Å². The van der Waals surface area contributed by atoms with E-state index in [1.165, 1.54) is 32.1 Å². The molecule has 6 heteroatoms. The number of carbonyl (C=O) groups excluding carboxylic acids is 1. The number of aromatic nitrogens is 3. The average molecular weight is 319 g/mol. The summed E-state index contributed by atoms with van der Waals surface area (Å²) >= 11 is 0. The number of nitrogens with one attached hydrogen (secondary N) is 1. The van der Waals surface area contributed by atoms with Crippen molar-refractivity contribution in [1.29, 1.82) is 0 Å². The van der Waals surface area contributed by atoms with Gasteiger partial charge in [-0.2, -0.15) is 0 Å². The van der Waals surface area contributed by atoms with Gasteiger partial charge in [0.2, 0.25) is 0 Å². The number of urea groups is 1. The second kappa shape index (κ2) is 7.32. The number of rotatable bonds is 2. The highest BCUT2D eigenvalue weighted by Crippen LogP contribution is 2.21. The van der Waals surface area contributed by atoms with Gasteiger partial charge in [-0.1, -0.05) is 19.8 Å². The minimum atomic E-state index is 0.0391. The Morgan fingerprint density at radius 1 is 1.17 bits per heavy atom. The minimum absolute atomic E-state index is 0.0391. The van der Waals surface area contributed by atoms with Crippen LogP contribution in [0.5, 0.6) is 0 Å². The molecule has 3 rings (SSSR count). The summed E-state index contributed by atoms with van der Waals surface area (Å²) in [5.74, 6) is 2.55. The molecule has 23 heavy (non-hydrogen) atoms. The van der Waals surface area contributed by atoms with Crippen LogP contribution in [0.3, 0.4) is 0 Å². The van der Waals surface area contributed by atoms with Gasteiger partial charge in [0.1, 0.15) is 5.82 Å². The van der Waals surface area contributed by atoms with Crippen molar-refractivity contribution in [1.82, 2.24) is 25.0 Å². The van der Waals surface area contributed by atoms with Gasteiger partial charge >= 0.3 is 6.03 Å². The molecular weight excluding hydrogens is 290 g/mol. The van der Waals surface area contributed by atoms with Crippen molar-refractivity contribution in [3.05, 3.63) is 11.6 Å². The summed E-state index contributed by atoms with van der Waals surface area (Å²) < 4.78 is 2.20. The average Bonchev–Trinajstić information content (AvgIpc) is 2.69. The van der Waals surface area contributed by atoms with Gasteiger partial charge in [0, 0.05) is 25.6 Å². The quantitative estimate of drug-likeness (QED) is 0.911. The molecule has 0 aromatic carbocycles. The molecule has 0 radical (unpaired) electrons. The molecular formula is C17H29N5O. The molecule has 2 aliphatic rings. The van der Waals surface area contributed by atoms with E-state index in [-0.39, 0.29) is 6.03 Å². The van der Waals surface area contributed by atoms with Crippen LogP contribution in [-0.4, -0.2) is 38.3 Å². The van der Waals surface area contributed by atoms with Crippen molar-refractivity contribution in [2.24, 2.45) is 5.92 Å². The van der Waals surface area contributed by atoms with Crippen LogP contribution in [0.1, 0.15) is 64.0 Å². The fraction of sp³-hybridized carbons (Fsp3) is 0.824. The number of nitrogens with zero attached hydrogens (tertiary/aromatic N) is 4. The van der Waals surface area contributed by atoms with E-state index < -0.39 is 0 Å². The van der Waals surface area contributed by atoms with Crippen molar-refractivity contribution in [3.63, 3.8) is 0 Å². The molecule has 3 heterocycles. The number of amides is 2. The van der Waals surface area contributed by atoms with Crippen LogP contribution in [0.2, 0.25) is 0 Å².